The number of carboxylic acid groups (broad SMARTS) is 1. The molecule has 0 saturated carbocycles. The predicted octanol–water partition coefficient (Wildman–Crippen LogP) is 3.43. The fraction of sp³-hybridized carbons (Fsp3) is 0.333. The van der Waals surface area contributed by atoms with Crippen LogP contribution in [0.4, 0.5) is 10.2 Å². The molecule has 0 aliphatic carbocycles. The Hall–Kier alpha value is -2.17. The normalized spacial score (nSPS) is 11.6. The summed E-state index contributed by atoms with van der Waals surface area (Å²) in [5.41, 5.74) is -0.439. The van der Waals surface area contributed by atoms with Crippen LogP contribution in [0.15, 0.2) is 30.5 Å². The first-order valence-electron chi connectivity index (χ1n) is 6.42. The fourth-order valence-corrected chi connectivity index (χ4v) is 2.04. The Balaban J connectivity index is 2.29. The quantitative estimate of drug-likeness (QED) is 0.878. The topological polar surface area (TPSA) is 62.2 Å². The number of pyridine rings is 1. The van der Waals surface area contributed by atoms with Crippen molar-refractivity contribution in [1.82, 2.24) is 4.98 Å². The number of aliphatic carboxylic acids is 1. The Kier molecular flexibility index (Phi) is 3.88. The van der Waals surface area contributed by atoms with Crippen molar-refractivity contribution in [2.45, 2.75) is 32.2 Å². The first-order valence-corrected chi connectivity index (χ1v) is 6.42. The van der Waals surface area contributed by atoms with E-state index in [1.165, 1.54) is 12.1 Å². The van der Waals surface area contributed by atoms with Gasteiger partial charge in [-0.05, 0) is 43.9 Å². The van der Waals surface area contributed by atoms with Crippen molar-refractivity contribution in [2.24, 2.45) is 0 Å². The summed E-state index contributed by atoms with van der Waals surface area (Å²) in [7, 11) is 0. The highest BCUT2D eigenvalue weighted by Crippen LogP contribution is 2.26. The summed E-state index contributed by atoms with van der Waals surface area (Å²) in [5, 5.41) is 13.5. The Labute approximate surface area is 116 Å². The van der Waals surface area contributed by atoms with Crippen molar-refractivity contribution in [2.75, 3.05) is 5.32 Å². The highest BCUT2D eigenvalue weighted by molar-refractivity contribution is 5.91. The number of carbonyl (C=O) groups is 1. The number of nitrogens with zero attached hydrogens (tertiary/aromatic N) is 1. The van der Waals surface area contributed by atoms with E-state index in [1.807, 2.05) is 19.9 Å². The van der Waals surface area contributed by atoms with Crippen LogP contribution in [0.3, 0.4) is 0 Å². The van der Waals surface area contributed by atoms with Gasteiger partial charge in [-0.1, -0.05) is 6.07 Å². The number of fused-ring (bicyclic) bond motifs is 1. The molecule has 1 aromatic heterocycles. The molecule has 0 amide bonds. The van der Waals surface area contributed by atoms with Gasteiger partial charge in [-0.25, -0.2) is 9.37 Å². The molecule has 5 heteroatoms. The number of halogens is 1. The first kappa shape index (κ1) is 14.2. The van der Waals surface area contributed by atoms with Gasteiger partial charge < -0.3 is 10.4 Å². The van der Waals surface area contributed by atoms with Crippen LogP contribution in [0, 0.1) is 5.82 Å². The molecule has 1 heterocycles. The lowest BCUT2D eigenvalue weighted by atomic mass is 9.98. The molecule has 20 heavy (non-hydrogen) atoms. The van der Waals surface area contributed by atoms with Gasteiger partial charge in [0.05, 0.1) is 0 Å². The van der Waals surface area contributed by atoms with Crippen LogP contribution in [-0.2, 0) is 4.79 Å². The molecule has 0 saturated heterocycles. The van der Waals surface area contributed by atoms with Crippen LogP contribution in [0.25, 0.3) is 10.8 Å². The summed E-state index contributed by atoms with van der Waals surface area (Å²) in [4.78, 5) is 14.9. The van der Waals surface area contributed by atoms with Gasteiger partial charge in [0.15, 0.2) is 0 Å². The second kappa shape index (κ2) is 5.45. The van der Waals surface area contributed by atoms with Crippen molar-refractivity contribution in [3.05, 3.63) is 36.3 Å². The Morgan fingerprint density at radius 1 is 1.40 bits per heavy atom. The molecule has 0 aliphatic rings. The van der Waals surface area contributed by atoms with Gasteiger partial charge in [-0.3, -0.25) is 4.79 Å². The molecular weight excluding hydrogens is 259 g/mol. The minimum atomic E-state index is -0.836. The number of nitrogens with one attached hydrogen (secondary N) is 1. The summed E-state index contributed by atoms with van der Waals surface area (Å²) in [6, 6.07) is 6.34. The number of rotatable bonds is 5. The molecule has 0 aliphatic heterocycles. The van der Waals surface area contributed by atoms with Crippen LogP contribution in [0.5, 0.6) is 0 Å². The maximum absolute atomic E-state index is 13.4. The highest BCUT2D eigenvalue weighted by Gasteiger charge is 2.20. The monoisotopic (exact) mass is 276 g/mol. The van der Waals surface area contributed by atoms with Crippen molar-refractivity contribution >= 4 is 22.6 Å². The van der Waals surface area contributed by atoms with E-state index < -0.39 is 11.5 Å². The Bertz CT molecular complexity index is 641. The summed E-state index contributed by atoms with van der Waals surface area (Å²) in [6.45, 7) is 3.80. The number of carboxylic acids is 1. The van der Waals surface area contributed by atoms with Gasteiger partial charge >= 0.3 is 5.97 Å². The van der Waals surface area contributed by atoms with Crippen molar-refractivity contribution in [3.8, 4) is 0 Å². The molecule has 0 radical (unpaired) electrons. The van der Waals surface area contributed by atoms with Crippen LogP contribution in [0.1, 0.15) is 26.7 Å². The average Bonchev–Trinajstić information content (AvgIpc) is 2.37. The standard InChI is InChI=1S/C15H17FN2O2/c1-15(2,7-5-13(19)20)18-14-12-9-11(16)4-3-10(12)6-8-17-14/h3-4,6,8-9H,5,7H2,1-2H3,(H,17,18)(H,19,20). The summed E-state index contributed by atoms with van der Waals surface area (Å²) >= 11 is 0. The molecule has 0 atom stereocenters. The SMILES string of the molecule is CC(C)(CCC(=O)O)Nc1nccc2ccc(F)cc12. The Morgan fingerprint density at radius 2 is 2.15 bits per heavy atom. The van der Waals surface area contributed by atoms with Crippen molar-refractivity contribution < 1.29 is 14.3 Å². The van der Waals surface area contributed by atoms with Gasteiger partial charge in [0.2, 0.25) is 0 Å². The number of anilines is 1. The first-order chi connectivity index (χ1) is 9.37. The van der Waals surface area contributed by atoms with Crippen LogP contribution >= 0.6 is 0 Å². The van der Waals surface area contributed by atoms with Gasteiger partial charge in [0.1, 0.15) is 11.6 Å². The molecule has 2 rings (SSSR count). The highest BCUT2D eigenvalue weighted by atomic mass is 19.1. The van der Waals surface area contributed by atoms with Crippen molar-refractivity contribution in [3.63, 3.8) is 0 Å². The molecule has 106 valence electrons. The molecular formula is C15H17FN2O2. The van der Waals surface area contributed by atoms with Crippen molar-refractivity contribution in [1.29, 1.82) is 0 Å². The minimum Gasteiger partial charge on any atom is -0.481 e. The van der Waals surface area contributed by atoms with Crippen LogP contribution in [-0.4, -0.2) is 21.6 Å². The van der Waals surface area contributed by atoms with E-state index in [0.29, 0.717) is 17.6 Å². The summed E-state index contributed by atoms with van der Waals surface area (Å²) in [5.74, 6) is -0.592. The second-order valence-corrected chi connectivity index (χ2v) is 5.43. The van der Waals surface area contributed by atoms with Gasteiger partial charge in [0, 0.05) is 23.5 Å². The molecule has 0 bridgehead atoms. The maximum Gasteiger partial charge on any atom is 0.303 e. The minimum absolute atomic E-state index is 0.0686. The van der Waals surface area contributed by atoms with E-state index in [1.54, 1.807) is 12.3 Å². The lowest BCUT2D eigenvalue weighted by Gasteiger charge is -2.27. The van der Waals surface area contributed by atoms with E-state index in [-0.39, 0.29) is 12.2 Å². The van der Waals surface area contributed by atoms with E-state index in [4.69, 9.17) is 5.11 Å². The molecule has 0 fully saturated rings. The zero-order valence-electron chi connectivity index (χ0n) is 11.5. The van der Waals surface area contributed by atoms with E-state index in [2.05, 4.69) is 10.3 Å². The predicted molar refractivity (Wildman–Crippen MR) is 76.3 cm³/mol. The largest absolute Gasteiger partial charge is 0.481 e. The van der Waals surface area contributed by atoms with Gasteiger partial charge in [-0.15, -0.1) is 0 Å². The molecule has 4 nitrogen and oxygen atoms in total. The molecule has 1 aromatic carbocycles. The number of hydrogen-bond acceptors (Lipinski definition) is 3. The van der Waals surface area contributed by atoms with Crippen LogP contribution < -0.4 is 5.32 Å². The third kappa shape index (κ3) is 3.44. The Morgan fingerprint density at radius 3 is 2.85 bits per heavy atom. The van der Waals surface area contributed by atoms with Gasteiger partial charge in [-0.2, -0.15) is 0 Å². The fourth-order valence-electron chi connectivity index (χ4n) is 2.04. The van der Waals surface area contributed by atoms with Gasteiger partial charge in [0.25, 0.3) is 0 Å². The number of hydrogen-bond donors (Lipinski definition) is 2. The third-order valence-corrected chi connectivity index (χ3v) is 3.15. The maximum atomic E-state index is 13.4. The lowest BCUT2D eigenvalue weighted by molar-refractivity contribution is -0.137. The average molecular weight is 276 g/mol. The van der Waals surface area contributed by atoms with Crippen LogP contribution in [0.2, 0.25) is 0 Å². The third-order valence-electron chi connectivity index (χ3n) is 3.15. The smallest absolute Gasteiger partial charge is 0.303 e. The molecule has 0 unspecified atom stereocenters. The number of benzene rings is 1. The van der Waals surface area contributed by atoms with E-state index in [0.717, 1.165) is 5.39 Å². The summed E-state index contributed by atoms with van der Waals surface area (Å²) in [6.07, 6.45) is 2.17. The zero-order valence-corrected chi connectivity index (χ0v) is 11.5. The molecule has 2 aromatic rings. The van der Waals surface area contributed by atoms with E-state index >= 15 is 0 Å². The summed E-state index contributed by atoms with van der Waals surface area (Å²) < 4.78 is 13.4. The molecule has 0 spiro atoms. The zero-order chi connectivity index (χ0) is 14.8. The van der Waals surface area contributed by atoms with E-state index in [9.17, 15) is 9.18 Å². The lowest BCUT2D eigenvalue weighted by Crippen LogP contribution is -2.32. The second-order valence-electron chi connectivity index (χ2n) is 5.43. The molecule has 2 N–H and O–H groups in total. The number of aromatic nitrogens is 1.